The Labute approximate surface area is 88.2 Å². The van der Waals surface area contributed by atoms with Gasteiger partial charge in [-0.25, -0.2) is 8.42 Å². The van der Waals surface area contributed by atoms with Crippen molar-refractivity contribution in [3.63, 3.8) is 0 Å². The highest BCUT2D eigenvalue weighted by atomic mass is 32.2. The molecule has 1 aromatic carbocycles. The predicted molar refractivity (Wildman–Crippen MR) is 58.6 cm³/mol. The zero-order chi connectivity index (χ0) is 11.1. The number of fused-ring (bicyclic) bond motifs is 1. The summed E-state index contributed by atoms with van der Waals surface area (Å²) in [6.07, 6.45) is 0. The number of rotatable bonds is 2. The van der Waals surface area contributed by atoms with Crippen molar-refractivity contribution in [2.45, 2.75) is 18.7 Å². The molecule has 0 aliphatic heterocycles. The summed E-state index contributed by atoms with van der Waals surface area (Å²) in [5.74, 6) is 0.0953. The fourth-order valence-corrected chi connectivity index (χ4v) is 2.59. The van der Waals surface area contributed by atoms with Crippen molar-refractivity contribution in [3.05, 3.63) is 23.9 Å². The molecule has 0 saturated heterocycles. The van der Waals surface area contributed by atoms with E-state index in [0.717, 1.165) is 11.1 Å². The number of benzene rings is 1. The van der Waals surface area contributed by atoms with Crippen molar-refractivity contribution in [1.29, 1.82) is 0 Å². The molecule has 1 heterocycles. The van der Waals surface area contributed by atoms with Gasteiger partial charge in [0, 0.05) is 11.1 Å². The largest absolute Gasteiger partial charge is 0.282 e. The Morgan fingerprint density at radius 1 is 1.40 bits per heavy atom. The summed E-state index contributed by atoms with van der Waals surface area (Å²) in [5.41, 5.74) is 1.43. The number of aromatic amines is 1. The maximum Gasteiger partial charge on any atom is 0.180 e. The zero-order valence-electron chi connectivity index (χ0n) is 8.61. The van der Waals surface area contributed by atoms with Crippen LogP contribution >= 0.6 is 0 Å². The van der Waals surface area contributed by atoms with E-state index in [1.165, 1.54) is 0 Å². The summed E-state index contributed by atoms with van der Waals surface area (Å²) >= 11 is 0. The Kier molecular flexibility index (Phi) is 2.26. The molecule has 5 heteroatoms. The molecule has 2 rings (SSSR count). The molecule has 0 saturated carbocycles. The average Bonchev–Trinajstić information content (AvgIpc) is 2.60. The van der Waals surface area contributed by atoms with Crippen LogP contribution in [0.5, 0.6) is 0 Å². The van der Waals surface area contributed by atoms with Gasteiger partial charge in [-0.1, -0.05) is 19.1 Å². The molecule has 0 bridgehead atoms. The molecular formula is C10H12N2O2S. The number of nitrogens with zero attached hydrogens (tertiary/aromatic N) is 1. The van der Waals surface area contributed by atoms with Crippen LogP contribution in [0.1, 0.15) is 12.6 Å². The third-order valence-corrected chi connectivity index (χ3v) is 4.21. The highest BCUT2D eigenvalue weighted by Gasteiger charge is 2.17. The standard InChI is InChI=1S/C10H12N2O2S/c1-3-15(13,14)9-6-4-5-8-7(2)11-12-10(8)9/h4-6H,3H2,1-2H3,(H,11,12). The first-order valence-electron chi connectivity index (χ1n) is 4.72. The van der Waals surface area contributed by atoms with Crippen LogP contribution in [0.2, 0.25) is 0 Å². The molecule has 1 aromatic heterocycles. The van der Waals surface area contributed by atoms with Crippen molar-refractivity contribution in [1.82, 2.24) is 10.2 Å². The van der Waals surface area contributed by atoms with E-state index in [0.29, 0.717) is 10.4 Å². The number of nitrogens with one attached hydrogen (secondary N) is 1. The van der Waals surface area contributed by atoms with Gasteiger partial charge in [-0.3, -0.25) is 5.10 Å². The second-order valence-electron chi connectivity index (χ2n) is 3.40. The summed E-state index contributed by atoms with van der Waals surface area (Å²) in [4.78, 5) is 0.312. The third kappa shape index (κ3) is 1.52. The van der Waals surface area contributed by atoms with Crippen molar-refractivity contribution < 1.29 is 8.42 Å². The first kappa shape index (κ1) is 10.2. The summed E-state index contributed by atoms with van der Waals surface area (Å²) in [6.45, 7) is 3.51. The molecule has 4 nitrogen and oxygen atoms in total. The van der Waals surface area contributed by atoms with Crippen LogP contribution in [0, 0.1) is 6.92 Å². The topological polar surface area (TPSA) is 62.8 Å². The molecule has 1 N–H and O–H groups in total. The van der Waals surface area contributed by atoms with Crippen LogP contribution in [0.15, 0.2) is 23.1 Å². The lowest BCUT2D eigenvalue weighted by molar-refractivity contribution is 0.598. The van der Waals surface area contributed by atoms with Crippen molar-refractivity contribution in [2.75, 3.05) is 5.75 Å². The molecule has 80 valence electrons. The fraction of sp³-hybridized carbons (Fsp3) is 0.300. The van der Waals surface area contributed by atoms with E-state index >= 15 is 0 Å². The number of hydrogen-bond acceptors (Lipinski definition) is 3. The van der Waals surface area contributed by atoms with Gasteiger partial charge in [-0.2, -0.15) is 5.10 Å². The molecule has 0 amide bonds. The quantitative estimate of drug-likeness (QED) is 0.843. The normalized spacial score (nSPS) is 12.1. The number of aromatic nitrogens is 2. The van der Waals surface area contributed by atoms with Gasteiger partial charge in [0.15, 0.2) is 9.84 Å². The average molecular weight is 224 g/mol. The van der Waals surface area contributed by atoms with Gasteiger partial charge < -0.3 is 0 Å². The van der Waals surface area contributed by atoms with Crippen LogP contribution < -0.4 is 0 Å². The molecule has 0 fully saturated rings. The van der Waals surface area contributed by atoms with Crippen LogP contribution in [0.3, 0.4) is 0 Å². The van der Waals surface area contributed by atoms with Gasteiger partial charge in [-0.15, -0.1) is 0 Å². The number of hydrogen-bond donors (Lipinski definition) is 1. The number of sulfone groups is 1. The molecule has 2 aromatic rings. The highest BCUT2D eigenvalue weighted by molar-refractivity contribution is 7.91. The van der Waals surface area contributed by atoms with E-state index in [9.17, 15) is 8.42 Å². The van der Waals surface area contributed by atoms with Gasteiger partial charge in [0.25, 0.3) is 0 Å². The second kappa shape index (κ2) is 3.34. The van der Waals surface area contributed by atoms with E-state index in [2.05, 4.69) is 10.2 Å². The molecule has 15 heavy (non-hydrogen) atoms. The first-order chi connectivity index (χ1) is 7.06. The maximum absolute atomic E-state index is 11.8. The van der Waals surface area contributed by atoms with E-state index in [1.54, 1.807) is 19.1 Å². The van der Waals surface area contributed by atoms with E-state index < -0.39 is 9.84 Å². The molecule has 0 aliphatic carbocycles. The smallest absolute Gasteiger partial charge is 0.180 e. The van der Waals surface area contributed by atoms with E-state index in [1.807, 2.05) is 13.0 Å². The Bertz CT molecular complexity index is 599. The van der Waals surface area contributed by atoms with Crippen molar-refractivity contribution >= 4 is 20.7 Å². The molecule has 0 spiro atoms. The monoisotopic (exact) mass is 224 g/mol. The van der Waals surface area contributed by atoms with Gasteiger partial charge >= 0.3 is 0 Å². The maximum atomic E-state index is 11.8. The Balaban J connectivity index is 2.83. The lowest BCUT2D eigenvalue weighted by Crippen LogP contribution is -2.04. The summed E-state index contributed by atoms with van der Waals surface area (Å²) in [5, 5.41) is 7.69. The number of aryl methyl sites for hydroxylation is 1. The van der Waals surface area contributed by atoms with Crippen molar-refractivity contribution in [2.24, 2.45) is 0 Å². The van der Waals surface area contributed by atoms with Crippen LogP contribution in [-0.4, -0.2) is 24.4 Å². The molecular weight excluding hydrogens is 212 g/mol. The Morgan fingerprint density at radius 3 is 2.80 bits per heavy atom. The molecule has 0 aliphatic rings. The minimum absolute atomic E-state index is 0.0953. The van der Waals surface area contributed by atoms with E-state index in [-0.39, 0.29) is 5.75 Å². The predicted octanol–water partition coefficient (Wildman–Crippen LogP) is 1.66. The van der Waals surface area contributed by atoms with Crippen LogP contribution in [0.25, 0.3) is 10.9 Å². The summed E-state index contributed by atoms with van der Waals surface area (Å²) < 4.78 is 23.5. The Hall–Kier alpha value is -1.36. The summed E-state index contributed by atoms with van der Waals surface area (Å²) in [7, 11) is -3.19. The minimum Gasteiger partial charge on any atom is -0.282 e. The second-order valence-corrected chi connectivity index (χ2v) is 5.65. The SMILES string of the molecule is CCS(=O)(=O)c1cccc2c(C)[nH]nc12. The first-order valence-corrected chi connectivity index (χ1v) is 6.38. The van der Waals surface area contributed by atoms with Crippen molar-refractivity contribution in [3.8, 4) is 0 Å². The van der Waals surface area contributed by atoms with Crippen LogP contribution in [0.4, 0.5) is 0 Å². The third-order valence-electron chi connectivity index (χ3n) is 2.45. The zero-order valence-corrected chi connectivity index (χ0v) is 9.43. The Morgan fingerprint density at radius 2 is 2.13 bits per heavy atom. The minimum atomic E-state index is -3.19. The van der Waals surface area contributed by atoms with Crippen LogP contribution in [-0.2, 0) is 9.84 Å². The molecule has 0 unspecified atom stereocenters. The highest BCUT2D eigenvalue weighted by Crippen LogP contribution is 2.23. The number of para-hydroxylation sites is 1. The molecule has 0 atom stereocenters. The lowest BCUT2D eigenvalue weighted by atomic mass is 10.2. The van der Waals surface area contributed by atoms with Gasteiger partial charge in [0.1, 0.15) is 5.52 Å². The van der Waals surface area contributed by atoms with Gasteiger partial charge in [0.2, 0.25) is 0 Å². The summed E-state index contributed by atoms with van der Waals surface area (Å²) in [6, 6.07) is 5.21. The van der Waals surface area contributed by atoms with E-state index in [4.69, 9.17) is 0 Å². The fourth-order valence-electron chi connectivity index (χ4n) is 1.55. The van der Waals surface area contributed by atoms with Gasteiger partial charge in [-0.05, 0) is 13.0 Å². The molecule has 0 radical (unpaired) electrons. The van der Waals surface area contributed by atoms with Gasteiger partial charge in [0.05, 0.1) is 10.6 Å². The number of H-pyrrole nitrogens is 1. The lowest BCUT2D eigenvalue weighted by Gasteiger charge is -2.01.